The molecular weight excluding hydrogens is 511 g/mol. The van der Waals surface area contributed by atoms with Crippen molar-refractivity contribution < 1.29 is 8.42 Å². The zero-order chi connectivity index (χ0) is 21.3. The number of sulfonamides is 1. The lowest BCUT2D eigenvalue weighted by Gasteiger charge is -2.21. The van der Waals surface area contributed by atoms with Gasteiger partial charge in [-0.2, -0.15) is 4.31 Å². The van der Waals surface area contributed by atoms with Crippen molar-refractivity contribution in [2.75, 3.05) is 20.1 Å². The standard InChI is InChI=1S/C22H32N4O2S.HI/c1-5-23-22(24-16-15-19-9-7-6-8-10-19)25-17-20-11-13-21(14-12-20)29(27,28)26(4)18(2)3;/h6-14,18H,5,15-17H2,1-4H3,(H2,23,24,25);1H. The molecule has 0 spiro atoms. The van der Waals surface area contributed by atoms with Gasteiger partial charge in [-0.25, -0.2) is 13.4 Å². The second-order valence-electron chi connectivity index (χ2n) is 7.12. The molecule has 8 heteroatoms. The van der Waals surface area contributed by atoms with Crippen LogP contribution in [-0.4, -0.2) is 44.9 Å². The molecule has 0 bridgehead atoms. The van der Waals surface area contributed by atoms with Crippen molar-refractivity contribution in [3.63, 3.8) is 0 Å². The Hall–Kier alpha value is -1.65. The van der Waals surface area contributed by atoms with E-state index in [0.717, 1.165) is 31.0 Å². The van der Waals surface area contributed by atoms with Crippen LogP contribution in [0.4, 0.5) is 0 Å². The van der Waals surface area contributed by atoms with E-state index >= 15 is 0 Å². The molecule has 0 aliphatic carbocycles. The summed E-state index contributed by atoms with van der Waals surface area (Å²) in [7, 11) is -1.86. The first-order chi connectivity index (χ1) is 13.8. The van der Waals surface area contributed by atoms with E-state index in [-0.39, 0.29) is 30.0 Å². The van der Waals surface area contributed by atoms with Gasteiger partial charge in [0.25, 0.3) is 0 Å². The molecule has 2 N–H and O–H groups in total. The van der Waals surface area contributed by atoms with E-state index in [4.69, 9.17) is 0 Å². The van der Waals surface area contributed by atoms with Gasteiger partial charge in [0.05, 0.1) is 11.4 Å². The van der Waals surface area contributed by atoms with Gasteiger partial charge in [-0.15, -0.1) is 24.0 Å². The number of rotatable bonds is 9. The number of halogens is 1. The first-order valence-electron chi connectivity index (χ1n) is 9.97. The molecule has 2 rings (SSSR count). The largest absolute Gasteiger partial charge is 0.357 e. The highest BCUT2D eigenvalue weighted by Gasteiger charge is 2.22. The molecule has 30 heavy (non-hydrogen) atoms. The Kier molecular flexibility index (Phi) is 11.4. The minimum atomic E-state index is -3.46. The molecule has 166 valence electrons. The molecule has 0 radical (unpaired) electrons. The maximum atomic E-state index is 12.5. The van der Waals surface area contributed by atoms with Gasteiger partial charge in [0.1, 0.15) is 0 Å². The minimum absolute atomic E-state index is 0. The molecule has 0 aromatic heterocycles. The van der Waals surface area contributed by atoms with Crippen molar-refractivity contribution in [1.82, 2.24) is 14.9 Å². The van der Waals surface area contributed by atoms with Gasteiger partial charge < -0.3 is 10.6 Å². The maximum Gasteiger partial charge on any atom is 0.243 e. The summed E-state index contributed by atoms with van der Waals surface area (Å²) in [5.41, 5.74) is 2.23. The number of nitrogens with zero attached hydrogens (tertiary/aromatic N) is 2. The van der Waals surface area contributed by atoms with Crippen molar-refractivity contribution in [1.29, 1.82) is 0 Å². The fourth-order valence-electron chi connectivity index (χ4n) is 2.69. The van der Waals surface area contributed by atoms with Gasteiger partial charge >= 0.3 is 0 Å². The minimum Gasteiger partial charge on any atom is -0.357 e. The van der Waals surface area contributed by atoms with Crippen LogP contribution in [0.5, 0.6) is 0 Å². The average Bonchev–Trinajstić information content (AvgIpc) is 2.72. The Balaban J connectivity index is 0.00000450. The second-order valence-corrected chi connectivity index (χ2v) is 9.11. The van der Waals surface area contributed by atoms with Crippen molar-refractivity contribution in [3.8, 4) is 0 Å². The molecule has 6 nitrogen and oxygen atoms in total. The van der Waals surface area contributed by atoms with Crippen LogP contribution in [0.15, 0.2) is 64.5 Å². The van der Waals surface area contributed by atoms with Crippen molar-refractivity contribution in [3.05, 3.63) is 65.7 Å². The van der Waals surface area contributed by atoms with Gasteiger partial charge in [0, 0.05) is 26.2 Å². The quantitative estimate of drug-likeness (QED) is 0.287. The van der Waals surface area contributed by atoms with Crippen molar-refractivity contribution in [2.45, 2.75) is 44.7 Å². The lowest BCUT2D eigenvalue weighted by molar-refractivity contribution is 0.410. The van der Waals surface area contributed by atoms with Crippen LogP contribution < -0.4 is 10.6 Å². The molecule has 0 amide bonds. The summed E-state index contributed by atoms with van der Waals surface area (Å²) in [6, 6.07) is 17.2. The molecule has 0 atom stereocenters. The fourth-order valence-corrected chi connectivity index (χ4v) is 4.06. The smallest absolute Gasteiger partial charge is 0.243 e. The first kappa shape index (κ1) is 26.4. The third kappa shape index (κ3) is 7.88. The summed E-state index contributed by atoms with van der Waals surface area (Å²) in [4.78, 5) is 4.90. The molecule has 2 aromatic rings. The Labute approximate surface area is 198 Å². The average molecular weight is 545 g/mol. The predicted molar refractivity (Wildman–Crippen MR) is 135 cm³/mol. The summed E-state index contributed by atoms with van der Waals surface area (Å²) >= 11 is 0. The molecule has 0 unspecified atom stereocenters. The molecule has 0 aliphatic rings. The third-order valence-corrected chi connectivity index (χ3v) is 6.69. The fraction of sp³-hybridized carbons (Fsp3) is 0.409. The number of benzene rings is 2. The van der Waals surface area contributed by atoms with Crippen LogP contribution in [0.3, 0.4) is 0 Å². The summed E-state index contributed by atoms with van der Waals surface area (Å²) in [6.45, 7) is 7.77. The Bertz CT molecular complexity index is 885. The second kappa shape index (κ2) is 12.9. The molecular formula is C22H33IN4O2S. The van der Waals surface area contributed by atoms with Crippen LogP contribution in [0.1, 0.15) is 31.9 Å². The highest BCUT2D eigenvalue weighted by molar-refractivity contribution is 14.0. The van der Waals surface area contributed by atoms with Crippen LogP contribution in [0.2, 0.25) is 0 Å². The Morgan fingerprint density at radius 1 is 1.00 bits per heavy atom. The highest BCUT2D eigenvalue weighted by Crippen LogP contribution is 2.17. The van der Waals surface area contributed by atoms with E-state index in [9.17, 15) is 8.42 Å². The number of hydrogen-bond acceptors (Lipinski definition) is 3. The molecule has 0 fully saturated rings. The van der Waals surface area contributed by atoms with E-state index in [1.807, 2.05) is 51.1 Å². The van der Waals surface area contributed by atoms with Gasteiger partial charge in [0.2, 0.25) is 10.0 Å². The number of nitrogens with one attached hydrogen (secondary N) is 2. The van der Waals surface area contributed by atoms with Gasteiger partial charge in [0.15, 0.2) is 5.96 Å². The zero-order valence-electron chi connectivity index (χ0n) is 18.1. The number of aliphatic imine (C=N–C) groups is 1. The van der Waals surface area contributed by atoms with E-state index in [1.165, 1.54) is 9.87 Å². The number of guanidine groups is 1. The molecule has 0 saturated carbocycles. The van der Waals surface area contributed by atoms with Crippen LogP contribution >= 0.6 is 24.0 Å². The Morgan fingerprint density at radius 2 is 1.63 bits per heavy atom. The summed E-state index contributed by atoms with van der Waals surface area (Å²) < 4.78 is 26.5. The predicted octanol–water partition coefficient (Wildman–Crippen LogP) is 3.63. The normalized spacial score (nSPS) is 12.0. The Morgan fingerprint density at radius 3 is 2.20 bits per heavy atom. The van der Waals surface area contributed by atoms with Crippen LogP contribution in [0.25, 0.3) is 0 Å². The van der Waals surface area contributed by atoms with Gasteiger partial charge in [-0.1, -0.05) is 42.5 Å². The molecule has 0 heterocycles. The molecule has 0 saturated heterocycles. The van der Waals surface area contributed by atoms with E-state index in [0.29, 0.717) is 11.4 Å². The van der Waals surface area contributed by atoms with E-state index in [1.54, 1.807) is 19.2 Å². The summed E-state index contributed by atoms with van der Waals surface area (Å²) in [5.74, 6) is 0.750. The maximum absolute atomic E-state index is 12.5. The highest BCUT2D eigenvalue weighted by atomic mass is 127. The molecule has 0 aliphatic heterocycles. The first-order valence-corrected chi connectivity index (χ1v) is 11.4. The SMILES string of the molecule is CCNC(=NCc1ccc(S(=O)(=O)N(C)C(C)C)cc1)NCCc1ccccc1.I. The van der Waals surface area contributed by atoms with Gasteiger partial charge in [-0.05, 0) is 50.5 Å². The van der Waals surface area contributed by atoms with Gasteiger partial charge in [-0.3, -0.25) is 0 Å². The van der Waals surface area contributed by atoms with Crippen LogP contribution in [0, 0.1) is 0 Å². The molecule has 2 aromatic carbocycles. The lowest BCUT2D eigenvalue weighted by atomic mass is 10.1. The van der Waals surface area contributed by atoms with Crippen LogP contribution in [-0.2, 0) is 23.0 Å². The third-order valence-electron chi connectivity index (χ3n) is 4.64. The monoisotopic (exact) mass is 544 g/mol. The van der Waals surface area contributed by atoms with Crippen molar-refractivity contribution >= 4 is 40.0 Å². The topological polar surface area (TPSA) is 73.8 Å². The summed E-state index contributed by atoms with van der Waals surface area (Å²) in [5, 5.41) is 6.58. The zero-order valence-corrected chi connectivity index (χ0v) is 21.3. The number of hydrogen-bond donors (Lipinski definition) is 2. The van der Waals surface area contributed by atoms with E-state index < -0.39 is 10.0 Å². The van der Waals surface area contributed by atoms with E-state index in [2.05, 4.69) is 27.8 Å². The lowest BCUT2D eigenvalue weighted by Crippen LogP contribution is -2.38. The summed E-state index contributed by atoms with van der Waals surface area (Å²) in [6.07, 6.45) is 0.918. The van der Waals surface area contributed by atoms with Crippen molar-refractivity contribution in [2.24, 2.45) is 4.99 Å².